The van der Waals surface area contributed by atoms with Crippen LogP contribution in [0.15, 0.2) is 18.3 Å². The predicted octanol–water partition coefficient (Wildman–Crippen LogP) is 1.64. The van der Waals surface area contributed by atoms with Gasteiger partial charge in [0.1, 0.15) is 5.82 Å². The van der Waals surface area contributed by atoms with Gasteiger partial charge in [0.2, 0.25) is 0 Å². The van der Waals surface area contributed by atoms with Crippen LogP contribution in [0.3, 0.4) is 0 Å². The van der Waals surface area contributed by atoms with Crippen molar-refractivity contribution in [1.29, 1.82) is 0 Å². The average Bonchev–Trinajstić information content (AvgIpc) is 2.19. The summed E-state index contributed by atoms with van der Waals surface area (Å²) in [7, 11) is 1.77. The molecule has 15 heavy (non-hydrogen) atoms. The van der Waals surface area contributed by atoms with Gasteiger partial charge < -0.3 is 15.8 Å². The zero-order valence-corrected chi connectivity index (χ0v) is 8.99. The van der Waals surface area contributed by atoms with Crippen LogP contribution in [0.1, 0.15) is 19.3 Å². The molecule has 2 rings (SSSR count). The third-order valence-corrected chi connectivity index (χ3v) is 3.11. The molecule has 1 aromatic rings. The molecule has 0 amide bonds. The van der Waals surface area contributed by atoms with Crippen LogP contribution in [0.25, 0.3) is 0 Å². The minimum atomic E-state index is 0.00393. The highest BCUT2D eigenvalue weighted by atomic mass is 16.5. The van der Waals surface area contributed by atoms with Crippen molar-refractivity contribution in [1.82, 2.24) is 4.98 Å². The summed E-state index contributed by atoms with van der Waals surface area (Å²) in [4.78, 5) is 4.18. The lowest BCUT2D eigenvalue weighted by Gasteiger charge is -2.40. The van der Waals surface area contributed by atoms with Gasteiger partial charge in [0, 0.05) is 19.9 Å². The number of anilines is 2. The minimum Gasteiger partial charge on any atom is -0.396 e. The number of nitrogens with zero attached hydrogens (tertiary/aromatic N) is 1. The molecule has 0 spiro atoms. The number of nitrogens with two attached hydrogens (primary N) is 1. The highest BCUT2D eigenvalue weighted by molar-refractivity contribution is 5.60. The minimum absolute atomic E-state index is 0.00393. The molecule has 0 aromatic carbocycles. The maximum atomic E-state index is 5.79. The molecule has 3 N–H and O–H groups in total. The molecule has 1 aromatic heterocycles. The van der Waals surface area contributed by atoms with Crippen LogP contribution in [0.4, 0.5) is 11.5 Å². The standard InChI is InChI=1S/C11H17N3O/c1-15-11(5-3-6-11)8-14-10-9(12)4-2-7-13-10/h2,4,7H,3,5-6,8,12H2,1H3,(H,13,14). The van der Waals surface area contributed by atoms with Crippen LogP contribution in [0.2, 0.25) is 0 Å². The van der Waals surface area contributed by atoms with E-state index in [1.165, 1.54) is 6.42 Å². The van der Waals surface area contributed by atoms with Crippen LogP contribution in [0.5, 0.6) is 0 Å². The fraction of sp³-hybridized carbons (Fsp3) is 0.545. The van der Waals surface area contributed by atoms with Gasteiger partial charge in [-0.3, -0.25) is 0 Å². The van der Waals surface area contributed by atoms with E-state index in [2.05, 4.69) is 10.3 Å². The summed E-state index contributed by atoms with van der Waals surface area (Å²) in [5.41, 5.74) is 6.47. The van der Waals surface area contributed by atoms with Gasteiger partial charge in [0.25, 0.3) is 0 Å². The lowest BCUT2D eigenvalue weighted by Crippen LogP contribution is -2.45. The second-order valence-corrected chi connectivity index (χ2v) is 4.04. The monoisotopic (exact) mass is 207 g/mol. The Morgan fingerprint density at radius 3 is 2.93 bits per heavy atom. The van der Waals surface area contributed by atoms with Crippen LogP contribution < -0.4 is 11.1 Å². The molecule has 0 atom stereocenters. The Labute approximate surface area is 89.8 Å². The van der Waals surface area contributed by atoms with E-state index in [-0.39, 0.29) is 5.60 Å². The first kappa shape index (κ1) is 10.2. The van der Waals surface area contributed by atoms with E-state index in [1.54, 1.807) is 13.3 Å². The summed E-state index contributed by atoms with van der Waals surface area (Å²) in [6.45, 7) is 0.782. The van der Waals surface area contributed by atoms with Crippen LogP contribution in [-0.2, 0) is 4.74 Å². The molecule has 82 valence electrons. The lowest BCUT2D eigenvalue weighted by molar-refractivity contribution is -0.0601. The summed E-state index contributed by atoms with van der Waals surface area (Å²) in [6.07, 6.45) is 5.21. The van der Waals surface area contributed by atoms with Crippen molar-refractivity contribution >= 4 is 11.5 Å². The molecule has 0 saturated heterocycles. The molecule has 1 saturated carbocycles. The van der Waals surface area contributed by atoms with Crippen molar-refractivity contribution in [3.8, 4) is 0 Å². The molecule has 1 aliphatic carbocycles. The first-order valence-electron chi connectivity index (χ1n) is 5.25. The Morgan fingerprint density at radius 1 is 1.60 bits per heavy atom. The largest absolute Gasteiger partial charge is 0.396 e. The van der Waals surface area contributed by atoms with E-state index in [4.69, 9.17) is 10.5 Å². The number of nitrogens with one attached hydrogen (secondary N) is 1. The number of pyridine rings is 1. The molecule has 0 unspecified atom stereocenters. The van der Waals surface area contributed by atoms with Crippen molar-refractivity contribution in [2.24, 2.45) is 0 Å². The molecule has 0 bridgehead atoms. The second kappa shape index (κ2) is 4.06. The zero-order valence-electron chi connectivity index (χ0n) is 8.99. The smallest absolute Gasteiger partial charge is 0.149 e. The third kappa shape index (κ3) is 2.04. The van der Waals surface area contributed by atoms with Crippen LogP contribution in [0, 0.1) is 0 Å². The Hall–Kier alpha value is -1.29. The van der Waals surface area contributed by atoms with E-state index >= 15 is 0 Å². The van der Waals surface area contributed by atoms with Crippen molar-refractivity contribution in [3.63, 3.8) is 0 Å². The number of rotatable bonds is 4. The molecule has 0 aliphatic heterocycles. The quantitative estimate of drug-likeness (QED) is 0.788. The maximum Gasteiger partial charge on any atom is 0.149 e. The SMILES string of the molecule is COC1(CNc2ncccc2N)CCC1. The van der Waals surface area contributed by atoms with Crippen molar-refractivity contribution in [2.45, 2.75) is 24.9 Å². The van der Waals surface area contributed by atoms with Crippen molar-refractivity contribution < 1.29 is 4.74 Å². The second-order valence-electron chi connectivity index (χ2n) is 4.04. The van der Waals surface area contributed by atoms with Gasteiger partial charge in [-0.15, -0.1) is 0 Å². The van der Waals surface area contributed by atoms with Gasteiger partial charge in [-0.25, -0.2) is 4.98 Å². The summed E-state index contributed by atoms with van der Waals surface area (Å²) < 4.78 is 5.50. The highest BCUT2D eigenvalue weighted by Gasteiger charge is 2.36. The fourth-order valence-corrected chi connectivity index (χ4v) is 1.83. The van der Waals surface area contributed by atoms with Gasteiger partial charge in [-0.2, -0.15) is 0 Å². The molecule has 0 radical (unpaired) electrons. The number of aromatic nitrogens is 1. The van der Waals surface area contributed by atoms with Crippen LogP contribution >= 0.6 is 0 Å². The normalized spacial score (nSPS) is 18.2. The van der Waals surface area contributed by atoms with Crippen molar-refractivity contribution in [2.75, 3.05) is 24.7 Å². The van der Waals surface area contributed by atoms with Crippen molar-refractivity contribution in [3.05, 3.63) is 18.3 Å². The molecule has 4 heteroatoms. The number of methoxy groups -OCH3 is 1. The molecule has 1 aliphatic rings. The Morgan fingerprint density at radius 2 is 2.40 bits per heavy atom. The fourth-order valence-electron chi connectivity index (χ4n) is 1.83. The first-order chi connectivity index (χ1) is 7.26. The van der Waals surface area contributed by atoms with E-state index in [0.29, 0.717) is 5.69 Å². The van der Waals surface area contributed by atoms with Gasteiger partial charge in [-0.05, 0) is 31.4 Å². The average molecular weight is 207 g/mol. The first-order valence-corrected chi connectivity index (χ1v) is 5.25. The molecular formula is C11H17N3O. The van der Waals surface area contributed by atoms with Gasteiger partial charge >= 0.3 is 0 Å². The summed E-state index contributed by atoms with van der Waals surface area (Å²) in [6, 6.07) is 3.67. The summed E-state index contributed by atoms with van der Waals surface area (Å²) in [5.74, 6) is 0.751. The van der Waals surface area contributed by atoms with E-state index in [1.807, 2.05) is 12.1 Å². The number of hydrogen-bond donors (Lipinski definition) is 2. The summed E-state index contributed by atoms with van der Waals surface area (Å²) in [5, 5.41) is 3.25. The highest BCUT2D eigenvalue weighted by Crippen LogP contribution is 2.35. The summed E-state index contributed by atoms with van der Waals surface area (Å²) >= 11 is 0. The molecule has 1 fully saturated rings. The number of nitrogen functional groups attached to an aromatic ring is 1. The molecule has 1 heterocycles. The lowest BCUT2D eigenvalue weighted by atomic mass is 9.80. The van der Waals surface area contributed by atoms with E-state index < -0.39 is 0 Å². The topological polar surface area (TPSA) is 60.2 Å². The Kier molecular flexibility index (Phi) is 2.77. The van der Waals surface area contributed by atoms with E-state index in [0.717, 1.165) is 25.2 Å². The van der Waals surface area contributed by atoms with Gasteiger partial charge in [-0.1, -0.05) is 0 Å². The predicted molar refractivity (Wildman–Crippen MR) is 60.7 cm³/mol. The Balaban J connectivity index is 1.95. The Bertz CT molecular complexity index is 331. The number of ether oxygens (including phenoxy) is 1. The molecular weight excluding hydrogens is 190 g/mol. The van der Waals surface area contributed by atoms with Gasteiger partial charge in [0.15, 0.2) is 0 Å². The zero-order chi connectivity index (χ0) is 10.7. The van der Waals surface area contributed by atoms with Crippen LogP contribution in [-0.4, -0.2) is 24.2 Å². The number of hydrogen-bond acceptors (Lipinski definition) is 4. The van der Waals surface area contributed by atoms with E-state index in [9.17, 15) is 0 Å². The van der Waals surface area contributed by atoms with Gasteiger partial charge in [0.05, 0.1) is 11.3 Å². The maximum absolute atomic E-state index is 5.79. The molecule has 4 nitrogen and oxygen atoms in total. The third-order valence-electron chi connectivity index (χ3n) is 3.11.